The van der Waals surface area contributed by atoms with Crippen molar-refractivity contribution in [3.8, 4) is 0 Å². The molecule has 1 aromatic rings. The molecule has 214 valence electrons. The molecule has 0 radical (unpaired) electrons. The number of halogens is 1. The Morgan fingerprint density at radius 3 is 2.27 bits per heavy atom. The number of likely N-dealkylation sites (N-methyl/N-ethyl adjacent to an activating group) is 1. The van der Waals surface area contributed by atoms with E-state index in [1.807, 2.05) is 0 Å². The number of nitrogens with one attached hydrogen (secondary N) is 2. The molecule has 0 aromatic heterocycles. The van der Waals surface area contributed by atoms with Crippen LogP contribution in [0, 0.1) is 18.2 Å². The lowest BCUT2D eigenvalue weighted by molar-refractivity contribution is -0.149. The van der Waals surface area contributed by atoms with Gasteiger partial charge in [-0.25, -0.2) is 9.38 Å². The fourth-order valence-electron chi connectivity index (χ4n) is 5.66. The standard InChI is InChI=1S/C27H33FN6O6/c1-15-12-16(6-7-17(15)28)13-29-20(36)18-19(35)22(38)34-14-26(25(40)33(4)5)8-10-27(11-9-26,24(34)30-18)31-21(37)23(39)32(2)3/h6-7,12,18H,8-11,13-14H2,1-5H3,(H,29,36)(H,31,37). The fourth-order valence-corrected chi connectivity index (χ4v) is 5.66. The first-order valence-corrected chi connectivity index (χ1v) is 12.9. The number of amidine groups is 1. The lowest BCUT2D eigenvalue weighted by Crippen LogP contribution is -2.65. The van der Waals surface area contributed by atoms with Gasteiger partial charge in [-0.15, -0.1) is 0 Å². The number of amides is 5. The van der Waals surface area contributed by atoms with E-state index in [1.165, 1.54) is 31.1 Å². The number of benzene rings is 1. The number of nitrogens with zero attached hydrogens (tertiary/aromatic N) is 4. The van der Waals surface area contributed by atoms with Crippen LogP contribution in [0.4, 0.5) is 4.39 Å². The van der Waals surface area contributed by atoms with E-state index in [0.29, 0.717) is 11.1 Å². The van der Waals surface area contributed by atoms with Crippen LogP contribution in [0.3, 0.4) is 0 Å². The van der Waals surface area contributed by atoms with Crippen LogP contribution in [0.25, 0.3) is 0 Å². The van der Waals surface area contributed by atoms with Gasteiger partial charge in [-0.1, -0.05) is 12.1 Å². The summed E-state index contributed by atoms with van der Waals surface area (Å²) in [7, 11) is 6.04. The van der Waals surface area contributed by atoms with Gasteiger partial charge >= 0.3 is 11.8 Å². The number of rotatable bonds is 5. The largest absolute Gasteiger partial charge is 0.350 e. The Morgan fingerprint density at radius 1 is 1.05 bits per heavy atom. The van der Waals surface area contributed by atoms with Crippen LogP contribution >= 0.6 is 0 Å². The molecule has 3 heterocycles. The quantitative estimate of drug-likeness (QED) is 0.370. The second kappa shape index (κ2) is 10.4. The molecule has 2 saturated heterocycles. The van der Waals surface area contributed by atoms with Gasteiger partial charge in [-0.3, -0.25) is 33.7 Å². The monoisotopic (exact) mass is 556 g/mol. The zero-order valence-corrected chi connectivity index (χ0v) is 23.2. The van der Waals surface area contributed by atoms with Crippen molar-refractivity contribution in [1.29, 1.82) is 0 Å². The van der Waals surface area contributed by atoms with E-state index >= 15 is 0 Å². The Bertz CT molecular complexity index is 1330. The predicted octanol–water partition coefficient (Wildman–Crippen LogP) is -0.466. The minimum atomic E-state index is -1.73. The number of hydrogen-bond acceptors (Lipinski definition) is 7. The van der Waals surface area contributed by atoms with Crippen molar-refractivity contribution in [3.05, 3.63) is 35.1 Å². The molecule has 1 aliphatic carbocycles. The van der Waals surface area contributed by atoms with Crippen molar-refractivity contribution in [2.45, 2.75) is 50.7 Å². The maximum absolute atomic E-state index is 13.6. The van der Waals surface area contributed by atoms with Crippen LogP contribution in [0.2, 0.25) is 0 Å². The lowest BCUT2D eigenvalue weighted by Gasteiger charge is -2.42. The van der Waals surface area contributed by atoms with Gasteiger partial charge in [0.15, 0.2) is 6.04 Å². The van der Waals surface area contributed by atoms with Crippen LogP contribution in [0.5, 0.6) is 0 Å². The number of aryl methyl sites for hydroxylation is 1. The van der Waals surface area contributed by atoms with E-state index in [0.717, 1.165) is 9.80 Å². The summed E-state index contributed by atoms with van der Waals surface area (Å²) in [5, 5.41) is 5.31. The Hall–Kier alpha value is -4.16. The summed E-state index contributed by atoms with van der Waals surface area (Å²) in [6.45, 7) is 1.40. The second-order valence-electron chi connectivity index (χ2n) is 11.1. The topological polar surface area (TPSA) is 149 Å². The molecule has 5 rings (SSSR count). The van der Waals surface area contributed by atoms with E-state index in [1.54, 1.807) is 27.1 Å². The third kappa shape index (κ3) is 4.95. The summed E-state index contributed by atoms with van der Waals surface area (Å²) in [4.78, 5) is 86.4. The molecule has 1 aromatic carbocycles. The van der Waals surface area contributed by atoms with E-state index in [9.17, 15) is 33.2 Å². The summed E-state index contributed by atoms with van der Waals surface area (Å²) in [5.74, 6) is -5.32. The molecule has 1 unspecified atom stereocenters. The average Bonchev–Trinajstić information content (AvgIpc) is 3.14. The molecule has 0 spiro atoms. The van der Waals surface area contributed by atoms with Gasteiger partial charge in [0.25, 0.3) is 17.6 Å². The molecule has 1 saturated carbocycles. The van der Waals surface area contributed by atoms with Gasteiger partial charge in [0.1, 0.15) is 11.7 Å². The first kappa shape index (κ1) is 28.8. The van der Waals surface area contributed by atoms with Crippen LogP contribution < -0.4 is 10.6 Å². The smallest absolute Gasteiger partial charge is 0.311 e. The zero-order chi connectivity index (χ0) is 29.6. The predicted molar refractivity (Wildman–Crippen MR) is 140 cm³/mol. The van der Waals surface area contributed by atoms with Crippen LogP contribution in [-0.2, 0) is 35.3 Å². The molecule has 13 heteroatoms. The lowest BCUT2D eigenvalue weighted by atomic mass is 9.68. The molecule has 5 amide bonds. The number of ketones is 1. The number of carbonyl (C=O) groups is 6. The molecule has 4 aliphatic rings. The van der Waals surface area contributed by atoms with E-state index in [2.05, 4.69) is 15.6 Å². The summed E-state index contributed by atoms with van der Waals surface area (Å²) in [5.41, 5.74) is -1.41. The zero-order valence-electron chi connectivity index (χ0n) is 23.2. The van der Waals surface area contributed by atoms with Gasteiger partial charge in [-0.05, 0) is 49.8 Å². The highest BCUT2D eigenvalue weighted by atomic mass is 19.1. The molecule has 12 nitrogen and oxygen atoms in total. The number of fused-ring (bicyclic) bond motifs is 2. The Labute approximate surface area is 230 Å². The van der Waals surface area contributed by atoms with Crippen LogP contribution in [0.15, 0.2) is 23.2 Å². The van der Waals surface area contributed by atoms with Crippen molar-refractivity contribution in [3.63, 3.8) is 0 Å². The van der Waals surface area contributed by atoms with Crippen molar-refractivity contribution in [2.75, 3.05) is 34.7 Å². The number of hydrogen-bond donors (Lipinski definition) is 2. The highest BCUT2D eigenvalue weighted by molar-refractivity contribution is 6.46. The molecule has 2 N–H and O–H groups in total. The Balaban J connectivity index is 1.71. The maximum Gasteiger partial charge on any atom is 0.311 e. The average molecular weight is 557 g/mol. The second-order valence-corrected chi connectivity index (χ2v) is 11.1. The van der Waals surface area contributed by atoms with Crippen LogP contribution in [-0.4, -0.2) is 102 Å². The van der Waals surface area contributed by atoms with Gasteiger partial charge in [0.2, 0.25) is 5.91 Å². The third-order valence-electron chi connectivity index (χ3n) is 7.91. The van der Waals surface area contributed by atoms with E-state index < -0.39 is 52.2 Å². The molecule has 40 heavy (non-hydrogen) atoms. The highest BCUT2D eigenvalue weighted by Crippen LogP contribution is 2.48. The Morgan fingerprint density at radius 2 is 1.70 bits per heavy atom. The third-order valence-corrected chi connectivity index (χ3v) is 7.91. The van der Waals surface area contributed by atoms with Crippen LogP contribution in [0.1, 0.15) is 36.8 Å². The first-order chi connectivity index (χ1) is 18.7. The minimum Gasteiger partial charge on any atom is -0.350 e. The van der Waals surface area contributed by atoms with Gasteiger partial charge in [-0.2, -0.15) is 0 Å². The van der Waals surface area contributed by atoms with E-state index in [-0.39, 0.29) is 50.5 Å². The summed E-state index contributed by atoms with van der Waals surface area (Å²) >= 11 is 0. The van der Waals surface area contributed by atoms with Crippen molar-refractivity contribution in [2.24, 2.45) is 10.4 Å². The SMILES string of the molecule is Cc1cc(CNC(=O)C2N=C3N(CC4(C(=O)N(C)C)CCC3(NC(=O)C(=O)N(C)C)CC4)C(=O)C2=O)ccc1F. The number of aliphatic imine (C=N–C) groups is 1. The molecule has 1 atom stereocenters. The van der Waals surface area contributed by atoms with Crippen molar-refractivity contribution < 1.29 is 33.2 Å². The number of carbonyl (C=O) groups excluding carboxylic acids is 6. The maximum atomic E-state index is 13.6. The molecular weight excluding hydrogens is 523 g/mol. The molecule has 3 aliphatic heterocycles. The van der Waals surface area contributed by atoms with Gasteiger partial charge in [0, 0.05) is 41.3 Å². The van der Waals surface area contributed by atoms with Gasteiger partial charge in [0.05, 0.1) is 11.0 Å². The number of Topliss-reactive ketones (excluding diaryl/α,β-unsaturated/α-hetero) is 1. The molecular formula is C27H33FN6O6. The minimum absolute atomic E-state index is 0.0132. The normalized spacial score (nSPS) is 25.4. The van der Waals surface area contributed by atoms with Crippen molar-refractivity contribution >= 4 is 41.2 Å². The fraction of sp³-hybridized carbons (Fsp3) is 0.519. The van der Waals surface area contributed by atoms with E-state index in [4.69, 9.17) is 0 Å². The Kier molecular flexibility index (Phi) is 7.52. The van der Waals surface area contributed by atoms with Crippen molar-refractivity contribution in [1.82, 2.24) is 25.3 Å². The first-order valence-electron chi connectivity index (χ1n) is 12.9. The van der Waals surface area contributed by atoms with Gasteiger partial charge < -0.3 is 20.4 Å². The highest BCUT2D eigenvalue weighted by Gasteiger charge is 2.60. The summed E-state index contributed by atoms with van der Waals surface area (Å²) in [6, 6.07) is 2.57. The molecule has 2 bridgehead atoms. The summed E-state index contributed by atoms with van der Waals surface area (Å²) in [6.07, 6.45) is 0.856. The molecule has 3 fully saturated rings. The summed E-state index contributed by atoms with van der Waals surface area (Å²) < 4.78 is 13.6.